The molecule has 0 unspecified atom stereocenters. The zero-order chi connectivity index (χ0) is 25.5. The molecule has 0 saturated carbocycles. The molecule has 0 spiro atoms. The Balaban J connectivity index is 1.47. The van der Waals surface area contributed by atoms with Crippen LogP contribution < -0.4 is 20.7 Å². The van der Waals surface area contributed by atoms with Gasteiger partial charge in [-0.15, -0.1) is 0 Å². The Kier molecular flexibility index (Phi) is 11.7. The van der Waals surface area contributed by atoms with Gasteiger partial charge >= 0.3 is 0 Å². The lowest BCUT2D eigenvalue weighted by Gasteiger charge is -2.06. The summed E-state index contributed by atoms with van der Waals surface area (Å²) in [6, 6.07) is 9.19. The number of carbonyl (C=O) groups excluding carboxylic acids is 2. The Hall–Kier alpha value is -3.98. The van der Waals surface area contributed by atoms with Gasteiger partial charge in [-0.2, -0.15) is 0 Å². The summed E-state index contributed by atoms with van der Waals surface area (Å²) in [6.45, 7) is 2.69. The first-order valence-corrected chi connectivity index (χ1v) is 11.4. The van der Waals surface area contributed by atoms with E-state index in [1.165, 1.54) is 37.5 Å². The van der Waals surface area contributed by atoms with Gasteiger partial charge in [0.1, 0.15) is 0 Å². The summed E-state index contributed by atoms with van der Waals surface area (Å²) in [4.78, 5) is 23.7. The van der Waals surface area contributed by atoms with Gasteiger partial charge in [0.15, 0.2) is 23.0 Å². The lowest BCUT2D eigenvalue weighted by atomic mass is 10.2. The number of nitrogens with one attached hydrogen (secondary N) is 3. The van der Waals surface area contributed by atoms with E-state index in [0.29, 0.717) is 24.4 Å². The summed E-state index contributed by atoms with van der Waals surface area (Å²) in [5, 5.41) is 37.2. The normalized spacial score (nSPS) is 11.1. The van der Waals surface area contributed by atoms with Crippen molar-refractivity contribution in [1.29, 1.82) is 0 Å². The van der Waals surface area contributed by atoms with Crippen LogP contribution in [0.2, 0.25) is 0 Å². The van der Waals surface area contributed by atoms with Crippen molar-refractivity contribution >= 4 is 24.0 Å². The average Bonchev–Trinajstić information content (AvgIpc) is 2.85. The predicted octanol–water partition coefficient (Wildman–Crippen LogP) is 2.53. The topological polar surface area (TPSA) is 140 Å². The molecule has 2 rings (SSSR count). The molecule has 2 aromatic carbocycles. The van der Waals surface area contributed by atoms with E-state index in [1.807, 2.05) is 0 Å². The van der Waals surface area contributed by atoms with E-state index in [-0.39, 0.29) is 29.1 Å². The molecule has 0 aliphatic carbocycles. The van der Waals surface area contributed by atoms with Gasteiger partial charge in [-0.3, -0.25) is 9.59 Å². The van der Waals surface area contributed by atoms with Gasteiger partial charge in [0.25, 0.3) is 0 Å². The van der Waals surface area contributed by atoms with Crippen LogP contribution in [0.3, 0.4) is 0 Å². The number of methoxy groups -OCH3 is 1. The van der Waals surface area contributed by atoms with E-state index in [4.69, 9.17) is 4.74 Å². The van der Waals surface area contributed by atoms with Gasteiger partial charge in [-0.25, -0.2) is 0 Å². The van der Waals surface area contributed by atoms with Crippen molar-refractivity contribution in [2.24, 2.45) is 0 Å². The molecular formula is C26H33N3O6. The monoisotopic (exact) mass is 483 g/mol. The van der Waals surface area contributed by atoms with Crippen molar-refractivity contribution in [3.8, 4) is 23.0 Å². The third kappa shape index (κ3) is 10.7. The van der Waals surface area contributed by atoms with Gasteiger partial charge in [-0.1, -0.05) is 12.1 Å². The number of unbranched alkanes of at least 4 members (excludes halogenated alkanes) is 1. The van der Waals surface area contributed by atoms with Crippen molar-refractivity contribution < 1.29 is 29.6 Å². The third-order valence-corrected chi connectivity index (χ3v) is 4.97. The number of ether oxygens (including phenoxy) is 1. The van der Waals surface area contributed by atoms with E-state index >= 15 is 0 Å². The lowest BCUT2D eigenvalue weighted by molar-refractivity contribution is -0.117. The maximum absolute atomic E-state index is 11.9. The van der Waals surface area contributed by atoms with Crippen molar-refractivity contribution in [2.75, 3.05) is 33.3 Å². The molecule has 188 valence electrons. The Morgan fingerprint density at radius 2 is 1.29 bits per heavy atom. The van der Waals surface area contributed by atoms with E-state index in [1.54, 1.807) is 30.4 Å². The quantitative estimate of drug-likeness (QED) is 0.138. The average molecular weight is 484 g/mol. The smallest absolute Gasteiger partial charge is 0.243 e. The molecule has 0 heterocycles. The summed E-state index contributed by atoms with van der Waals surface area (Å²) in [6.07, 6.45) is 8.58. The molecular weight excluding hydrogens is 450 g/mol. The molecule has 0 atom stereocenters. The molecule has 9 heteroatoms. The minimum absolute atomic E-state index is 0.0501. The predicted molar refractivity (Wildman–Crippen MR) is 135 cm³/mol. The van der Waals surface area contributed by atoms with Crippen LogP contribution in [-0.2, 0) is 9.59 Å². The number of carbonyl (C=O) groups is 2. The van der Waals surface area contributed by atoms with E-state index < -0.39 is 0 Å². The number of amides is 2. The molecule has 0 fully saturated rings. The number of rotatable bonds is 14. The Bertz CT molecular complexity index is 1040. The van der Waals surface area contributed by atoms with Crippen LogP contribution in [0.15, 0.2) is 48.6 Å². The van der Waals surface area contributed by atoms with Gasteiger partial charge in [-0.05, 0) is 79.9 Å². The summed E-state index contributed by atoms with van der Waals surface area (Å²) < 4.78 is 5.04. The highest BCUT2D eigenvalue weighted by Crippen LogP contribution is 2.27. The van der Waals surface area contributed by atoms with Crippen molar-refractivity contribution in [3.05, 3.63) is 59.7 Å². The number of benzene rings is 2. The van der Waals surface area contributed by atoms with Crippen LogP contribution in [-0.4, -0.2) is 60.4 Å². The van der Waals surface area contributed by atoms with Gasteiger partial charge in [0.05, 0.1) is 7.11 Å². The molecule has 2 aromatic rings. The molecule has 0 aliphatic heterocycles. The van der Waals surface area contributed by atoms with Crippen LogP contribution >= 0.6 is 0 Å². The Labute approximate surface area is 205 Å². The highest BCUT2D eigenvalue weighted by Gasteiger charge is 2.02. The van der Waals surface area contributed by atoms with E-state index in [0.717, 1.165) is 37.9 Å². The summed E-state index contributed by atoms with van der Waals surface area (Å²) >= 11 is 0. The van der Waals surface area contributed by atoms with Crippen LogP contribution in [0.5, 0.6) is 23.0 Å². The fourth-order valence-corrected chi connectivity index (χ4v) is 3.04. The maximum atomic E-state index is 11.9. The van der Waals surface area contributed by atoms with Crippen molar-refractivity contribution in [3.63, 3.8) is 0 Å². The van der Waals surface area contributed by atoms with Crippen molar-refractivity contribution in [2.45, 2.75) is 19.3 Å². The highest BCUT2D eigenvalue weighted by molar-refractivity contribution is 5.92. The first-order valence-electron chi connectivity index (χ1n) is 11.4. The molecule has 0 bridgehead atoms. The molecule has 0 saturated heterocycles. The van der Waals surface area contributed by atoms with Crippen LogP contribution in [0.1, 0.15) is 30.4 Å². The second-order valence-corrected chi connectivity index (χ2v) is 7.74. The maximum Gasteiger partial charge on any atom is 0.243 e. The lowest BCUT2D eigenvalue weighted by Crippen LogP contribution is -2.27. The largest absolute Gasteiger partial charge is 0.504 e. The number of phenolic OH excluding ortho intramolecular Hbond substituents is 3. The third-order valence-electron chi connectivity index (χ3n) is 4.97. The second-order valence-electron chi connectivity index (χ2n) is 7.74. The minimum atomic E-state index is -0.232. The molecule has 0 aromatic heterocycles. The number of hydrogen-bond donors (Lipinski definition) is 6. The van der Waals surface area contributed by atoms with Crippen LogP contribution in [0.4, 0.5) is 0 Å². The molecule has 6 N–H and O–H groups in total. The minimum Gasteiger partial charge on any atom is -0.504 e. The second kappa shape index (κ2) is 15.0. The zero-order valence-electron chi connectivity index (χ0n) is 19.8. The number of phenols is 3. The van der Waals surface area contributed by atoms with Gasteiger partial charge in [0, 0.05) is 25.2 Å². The van der Waals surface area contributed by atoms with E-state index in [2.05, 4.69) is 16.0 Å². The molecule has 35 heavy (non-hydrogen) atoms. The summed E-state index contributed by atoms with van der Waals surface area (Å²) in [7, 11) is 1.47. The molecule has 2 amide bonds. The zero-order valence-corrected chi connectivity index (χ0v) is 19.8. The SMILES string of the molecule is COc1cc(C=CC(=O)NCCCCNCCCNC(=O)C=Cc2ccc(O)c(O)c2)ccc1O. The van der Waals surface area contributed by atoms with Crippen LogP contribution in [0.25, 0.3) is 12.2 Å². The first kappa shape index (κ1) is 27.3. The standard InChI is InChI=1S/C26H33N3O6/c1-35-24-18-20(6-10-22(24)31)8-12-25(33)28-15-3-2-13-27-14-4-16-29-26(34)11-7-19-5-9-21(30)23(32)17-19/h5-12,17-18,27,30-32H,2-4,13-16H2,1H3,(H,28,33)(H,29,34). The van der Waals surface area contributed by atoms with Crippen LogP contribution in [0, 0.1) is 0 Å². The number of aromatic hydroxyl groups is 3. The molecule has 0 aliphatic rings. The molecule has 9 nitrogen and oxygen atoms in total. The molecule has 0 radical (unpaired) electrons. The fourth-order valence-electron chi connectivity index (χ4n) is 3.04. The van der Waals surface area contributed by atoms with Crippen molar-refractivity contribution in [1.82, 2.24) is 16.0 Å². The van der Waals surface area contributed by atoms with Gasteiger partial charge in [0.2, 0.25) is 11.8 Å². The summed E-state index contributed by atoms with van der Waals surface area (Å²) in [5.41, 5.74) is 1.37. The fraction of sp³-hybridized carbons (Fsp3) is 0.308. The van der Waals surface area contributed by atoms with E-state index in [9.17, 15) is 24.9 Å². The first-order chi connectivity index (χ1) is 16.9. The Morgan fingerprint density at radius 1 is 0.743 bits per heavy atom. The number of hydrogen-bond acceptors (Lipinski definition) is 7. The highest BCUT2D eigenvalue weighted by atomic mass is 16.5. The van der Waals surface area contributed by atoms with Gasteiger partial charge < -0.3 is 36.0 Å². The Morgan fingerprint density at radius 3 is 1.91 bits per heavy atom. The summed E-state index contributed by atoms with van der Waals surface area (Å²) in [5.74, 6) is -0.445.